The molecule has 0 aliphatic rings. The molecule has 0 atom stereocenters. The Morgan fingerprint density at radius 2 is 1.80 bits per heavy atom. The van der Waals surface area contributed by atoms with Gasteiger partial charge in [0, 0.05) is 0 Å². The van der Waals surface area contributed by atoms with Crippen LogP contribution in [0.1, 0.15) is 0 Å². The zero-order valence-electron chi connectivity index (χ0n) is 7.50. The van der Waals surface area contributed by atoms with E-state index in [4.69, 9.17) is 11.5 Å². The van der Waals surface area contributed by atoms with Crippen LogP contribution in [0, 0.1) is 11.6 Å². The third-order valence-electron chi connectivity index (χ3n) is 1.42. The van der Waals surface area contributed by atoms with Crippen molar-refractivity contribution in [3.8, 4) is 0 Å². The quantitative estimate of drug-likeness (QED) is 0.471. The fourth-order valence-electron chi connectivity index (χ4n) is 0.870. The Kier molecular flexibility index (Phi) is 3.17. The van der Waals surface area contributed by atoms with Crippen LogP contribution in [-0.2, 0) is 0 Å². The first-order chi connectivity index (χ1) is 7.00. The number of urea groups is 1. The summed E-state index contributed by atoms with van der Waals surface area (Å²) in [5.41, 5.74) is 9.29. The van der Waals surface area contributed by atoms with Gasteiger partial charge in [0.2, 0.25) is 5.96 Å². The van der Waals surface area contributed by atoms with Gasteiger partial charge < -0.3 is 11.5 Å². The smallest absolute Gasteiger partial charge is 0.318 e. The van der Waals surface area contributed by atoms with Gasteiger partial charge in [-0.2, -0.15) is 0 Å². The fraction of sp³-hybridized carbons (Fsp3) is 0. The Balaban J connectivity index is 3.02. The van der Waals surface area contributed by atoms with Crippen LogP contribution in [0.2, 0.25) is 0 Å². The molecule has 0 fully saturated rings. The zero-order valence-corrected chi connectivity index (χ0v) is 7.50. The average Bonchev–Trinajstić information content (AvgIpc) is 2.10. The van der Waals surface area contributed by atoms with Crippen LogP contribution >= 0.6 is 0 Å². The van der Waals surface area contributed by atoms with Crippen LogP contribution < -0.4 is 16.8 Å². The number of hydrogen-bond acceptors (Lipinski definition) is 2. The molecule has 1 rings (SSSR count). The van der Waals surface area contributed by atoms with E-state index in [0.29, 0.717) is 0 Å². The number of aliphatic imine (C=N–C) groups is 1. The first kappa shape index (κ1) is 10.9. The van der Waals surface area contributed by atoms with E-state index in [1.54, 1.807) is 0 Å². The molecule has 15 heavy (non-hydrogen) atoms. The Morgan fingerprint density at radius 3 is 2.27 bits per heavy atom. The summed E-state index contributed by atoms with van der Waals surface area (Å²) in [6.45, 7) is 0. The Bertz CT molecular complexity index is 399. The van der Waals surface area contributed by atoms with E-state index >= 15 is 0 Å². The van der Waals surface area contributed by atoms with E-state index in [1.807, 2.05) is 5.32 Å². The number of rotatable bonds is 1. The minimum atomic E-state index is -0.965. The van der Waals surface area contributed by atoms with Crippen molar-refractivity contribution in [3.05, 3.63) is 29.8 Å². The number of benzene rings is 1. The van der Waals surface area contributed by atoms with Gasteiger partial charge in [0.05, 0.1) is 0 Å². The number of guanidine groups is 1. The molecule has 2 amide bonds. The minimum Gasteiger partial charge on any atom is -0.369 e. The van der Waals surface area contributed by atoms with Gasteiger partial charge in [0.15, 0.2) is 11.6 Å². The largest absolute Gasteiger partial charge is 0.369 e. The topological polar surface area (TPSA) is 93.5 Å². The number of nitrogens with zero attached hydrogens (tertiary/aromatic N) is 1. The van der Waals surface area contributed by atoms with Crippen molar-refractivity contribution in [2.75, 3.05) is 0 Å². The van der Waals surface area contributed by atoms with Crippen LogP contribution in [0.15, 0.2) is 23.2 Å². The highest BCUT2D eigenvalue weighted by Gasteiger charge is 2.07. The van der Waals surface area contributed by atoms with Crippen molar-refractivity contribution < 1.29 is 13.6 Å². The first-order valence-corrected chi connectivity index (χ1v) is 3.85. The second-order valence-corrected chi connectivity index (χ2v) is 2.56. The molecule has 0 aliphatic heterocycles. The van der Waals surface area contributed by atoms with Gasteiger partial charge in [0.25, 0.3) is 0 Å². The highest BCUT2D eigenvalue weighted by atomic mass is 19.1. The van der Waals surface area contributed by atoms with E-state index in [-0.39, 0.29) is 0 Å². The lowest BCUT2D eigenvalue weighted by Gasteiger charge is -2.02. The summed E-state index contributed by atoms with van der Waals surface area (Å²) >= 11 is 0. The first-order valence-electron chi connectivity index (χ1n) is 3.85. The lowest BCUT2D eigenvalue weighted by atomic mass is 10.3. The van der Waals surface area contributed by atoms with Crippen molar-refractivity contribution in [1.82, 2.24) is 5.32 Å². The SMILES string of the molecule is NC(=O)NC(N)=Nc1c(F)cccc1F. The molecule has 0 bridgehead atoms. The summed E-state index contributed by atoms with van der Waals surface area (Å²) < 4.78 is 26.0. The maximum Gasteiger partial charge on any atom is 0.318 e. The Morgan fingerprint density at radius 1 is 1.27 bits per heavy atom. The molecule has 0 saturated heterocycles. The van der Waals surface area contributed by atoms with E-state index in [9.17, 15) is 13.6 Å². The van der Waals surface area contributed by atoms with Crippen LogP contribution in [0.3, 0.4) is 0 Å². The summed E-state index contributed by atoms with van der Waals surface area (Å²) in [6, 6.07) is 2.24. The van der Waals surface area contributed by atoms with E-state index in [1.165, 1.54) is 6.07 Å². The van der Waals surface area contributed by atoms with Gasteiger partial charge in [-0.3, -0.25) is 5.32 Å². The number of hydrogen-bond donors (Lipinski definition) is 3. The number of nitrogens with one attached hydrogen (secondary N) is 1. The molecule has 0 heterocycles. The molecule has 1 aromatic rings. The molecule has 5 N–H and O–H groups in total. The molecule has 7 heteroatoms. The molecule has 0 aromatic heterocycles. The van der Waals surface area contributed by atoms with Crippen molar-refractivity contribution >= 4 is 17.7 Å². The van der Waals surface area contributed by atoms with Crippen LogP contribution in [0.25, 0.3) is 0 Å². The third kappa shape index (κ3) is 2.90. The van der Waals surface area contributed by atoms with Crippen LogP contribution in [0.4, 0.5) is 19.3 Å². The lowest BCUT2D eigenvalue weighted by Crippen LogP contribution is -2.40. The molecule has 80 valence electrons. The third-order valence-corrected chi connectivity index (χ3v) is 1.42. The molecular formula is C8H8F2N4O. The van der Waals surface area contributed by atoms with Crippen molar-refractivity contribution in [2.45, 2.75) is 0 Å². The van der Waals surface area contributed by atoms with E-state index in [2.05, 4.69) is 4.99 Å². The number of carbonyl (C=O) groups is 1. The standard InChI is InChI=1S/C8H8F2N4O/c9-4-2-1-3-5(10)6(4)13-7(11)14-8(12)15/h1-3H,(H5,11,12,13,14,15). The van der Waals surface area contributed by atoms with Crippen molar-refractivity contribution in [3.63, 3.8) is 0 Å². The van der Waals surface area contributed by atoms with Gasteiger partial charge in [-0.1, -0.05) is 6.07 Å². The van der Waals surface area contributed by atoms with Crippen LogP contribution in [0.5, 0.6) is 0 Å². The monoisotopic (exact) mass is 214 g/mol. The van der Waals surface area contributed by atoms with Crippen molar-refractivity contribution in [1.29, 1.82) is 0 Å². The number of para-hydroxylation sites is 1. The van der Waals surface area contributed by atoms with Crippen molar-refractivity contribution in [2.24, 2.45) is 16.5 Å². The highest BCUT2D eigenvalue weighted by Crippen LogP contribution is 2.20. The molecule has 0 radical (unpaired) electrons. The maximum absolute atomic E-state index is 13.0. The van der Waals surface area contributed by atoms with Gasteiger partial charge >= 0.3 is 6.03 Å². The number of amides is 2. The molecule has 5 nitrogen and oxygen atoms in total. The zero-order chi connectivity index (χ0) is 11.4. The Hall–Kier alpha value is -2.18. The second-order valence-electron chi connectivity index (χ2n) is 2.56. The minimum absolute atomic E-state index is 0.480. The highest BCUT2D eigenvalue weighted by molar-refractivity contribution is 5.95. The van der Waals surface area contributed by atoms with Gasteiger partial charge in [-0.15, -0.1) is 0 Å². The molecule has 0 saturated carbocycles. The van der Waals surface area contributed by atoms with Gasteiger partial charge in [-0.25, -0.2) is 18.6 Å². The molecule has 0 aliphatic carbocycles. The normalized spacial score (nSPS) is 11.2. The summed E-state index contributed by atoms with van der Waals surface area (Å²) in [6.07, 6.45) is 0. The Labute approximate surface area is 83.8 Å². The number of primary amides is 1. The van der Waals surface area contributed by atoms with Gasteiger partial charge in [-0.05, 0) is 12.1 Å². The summed E-state index contributed by atoms with van der Waals surface area (Å²) in [7, 11) is 0. The maximum atomic E-state index is 13.0. The van der Waals surface area contributed by atoms with E-state index < -0.39 is 29.3 Å². The predicted molar refractivity (Wildman–Crippen MR) is 50.4 cm³/mol. The predicted octanol–water partition coefficient (Wildman–Crippen LogP) is 0.579. The number of nitrogens with two attached hydrogens (primary N) is 2. The van der Waals surface area contributed by atoms with Crippen LogP contribution in [-0.4, -0.2) is 12.0 Å². The summed E-state index contributed by atoms with van der Waals surface area (Å²) in [5.74, 6) is -2.25. The van der Waals surface area contributed by atoms with E-state index in [0.717, 1.165) is 12.1 Å². The second kappa shape index (κ2) is 4.36. The molecule has 0 unspecified atom stereocenters. The summed E-state index contributed by atoms with van der Waals surface area (Å²) in [4.78, 5) is 13.7. The lowest BCUT2D eigenvalue weighted by molar-refractivity contribution is 0.253. The number of halogens is 2. The fourth-order valence-corrected chi connectivity index (χ4v) is 0.870. The molecular weight excluding hydrogens is 206 g/mol. The molecule has 1 aromatic carbocycles. The average molecular weight is 214 g/mol. The summed E-state index contributed by atoms with van der Waals surface area (Å²) in [5, 5.41) is 1.88. The number of carbonyl (C=O) groups excluding carboxylic acids is 1. The van der Waals surface area contributed by atoms with Gasteiger partial charge in [0.1, 0.15) is 5.69 Å². The molecule has 0 spiro atoms.